The first-order valence-electron chi connectivity index (χ1n) is 6.93. The summed E-state index contributed by atoms with van der Waals surface area (Å²) in [6, 6.07) is 8.40. The third-order valence-electron chi connectivity index (χ3n) is 3.73. The first-order chi connectivity index (χ1) is 9.75. The van der Waals surface area contributed by atoms with E-state index in [0.29, 0.717) is 0 Å². The SMILES string of the molecule is Cc1noc(C)c1CNCCc1c[nH]c2ccccc12. The summed E-state index contributed by atoms with van der Waals surface area (Å²) < 4.78 is 5.16. The monoisotopic (exact) mass is 269 g/mol. The Balaban J connectivity index is 1.58. The molecule has 0 aliphatic heterocycles. The van der Waals surface area contributed by atoms with Gasteiger partial charge in [0.2, 0.25) is 0 Å². The second-order valence-corrected chi connectivity index (χ2v) is 5.09. The second kappa shape index (κ2) is 5.51. The Labute approximate surface area is 118 Å². The first kappa shape index (κ1) is 12.9. The van der Waals surface area contributed by atoms with Crippen molar-refractivity contribution in [2.45, 2.75) is 26.8 Å². The maximum absolute atomic E-state index is 5.16. The molecule has 0 radical (unpaired) electrons. The van der Waals surface area contributed by atoms with E-state index >= 15 is 0 Å². The van der Waals surface area contributed by atoms with Crippen molar-refractivity contribution in [1.82, 2.24) is 15.5 Å². The third-order valence-corrected chi connectivity index (χ3v) is 3.73. The molecule has 0 spiro atoms. The van der Waals surface area contributed by atoms with Crippen molar-refractivity contribution in [2.75, 3.05) is 6.54 Å². The van der Waals surface area contributed by atoms with Crippen LogP contribution in [0.1, 0.15) is 22.6 Å². The van der Waals surface area contributed by atoms with E-state index in [9.17, 15) is 0 Å². The van der Waals surface area contributed by atoms with Gasteiger partial charge in [0.25, 0.3) is 0 Å². The van der Waals surface area contributed by atoms with Gasteiger partial charge in [0.15, 0.2) is 0 Å². The Hall–Kier alpha value is -2.07. The van der Waals surface area contributed by atoms with Crippen LogP contribution in [0.4, 0.5) is 0 Å². The number of nitrogens with zero attached hydrogens (tertiary/aromatic N) is 1. The van der Waals surface area contributed by atoms with E-state index in [1.807, 2.05) is 13.8 Å². The summed E-state index contributed by atoms with van der Waals surface area (Å²) >= 11 is 0. The molecule has 3 aromatic rings. The molecular weight excluding hydrogens is 250 g/mol. The van der Waals surface area contributed by atoms with Crippen LogP contribution in [-0.4, -0.2) is 16.7 Å². The van der Waals surface area contributed by atoms with E-state index in [4.69, 9.17) is 4.52 Å². The fraction of sp³-hybridized carbons (Fsp3) is 0.312. The molecule has 0 aliphatic carbocycles. The molecule has 1 aromatic carbocycles. The van der Waals surface area contributed by atoms with Crippen LogP contribution in [0.2, 0.25) is 0 Å². The van der Waals surface area contributed by atoms with Crippen molar-refractivity contribution >= 4 is 10.9 Å². The van der Waals surface area contributed by atoms with Crippen LogP contribution in [0.5, 0.6) is 0 Å². The van der Waals surface area contributed by atoms with Crippen molar-refractivity contribution in [3.63, 3.8) is 0 Å². The molecule has 20 heavy (non-hydrogen) atoms. The lowest BCUT2D eigenvalue weighted by atomic mass is 10.1. The number of para-hydroxylation sites is 1. The molecule has 0 saturated heterocycles. The van der Waals surface area contributed by atoms with Crippen LogP contribution >= 0.6 is 0 Å². The molecule has 0 saturated carbocycles. The first-order valence-corrected chi connectivity index (χ1v) is 6.93. The number of aromatic amines is 1. The minimum absolute atomic E-state index is 0.809. The fourth-order valence-electron chi connectivity index (χ4n) is 2.53. The van der Waals surface area contributed by atoms with E-state index in [1.165, 1.54) is 22.0 Å². The molecule has 2 heterocycles. The fourth-order valence-corrected chi connectivity index (χ4v) is 2.53. The summed E-state index contributed by atoms with van der Waals surface area (Å²) in [6.45, 7) is 5.68. The molecule has 4 nitrogen and oxygen atoms in total. The van der Waals surface area contributed by atoms with Gasteiger partial charge < -0.3 is 14.8 Å². The predicted molar refractivity (Wildman–Crippen MR) is 79.7 cm³/mol. The number of nitrogens with one attached hydrogen (secondary N) is 2. The summed E-state index contributed by atoms with van der Waals surface area (Å²) in [5, 5.41) is 8.74. The molecule has 0 aliphatic rings. The molecule has 2 N–H and O–H groups in total. The standard InChI is InChI=1S/C16H19N3O/c1-11-15(12(2)20-19-11)10-17-8-7-13-9-18-16-6-4-3-5-14(13)16/h3-6,9,17-18H,7-8,10H2,1-2H3. The highest BCUT2D eigenvalue weighted by atomic mass is 16.5. The van der Waals surface area contributed by atoms with E-state index in [-0.39, 0.29) is 0 Å². The molecule has 2 aromatic heterocycles. The Morgan fingerprint density at radius 1 is 1.25 bits per heavy atom. The summed E-state index contributed by atoms with van der Waals surface area (Å²) in [5.41, 5.74) is 4.70. The Bertz CT molecular complexity index is 692. The van der Waals surface area contributed by atoms with Crippen molar-refractivity contribution in [2.24, 2.45) is 0 Å². The number of aryl methyl sites for hydroxylation is 2. The van der Waals surface area contributed by atoms with Gasteiger partial charge in [-0.1, -0.05) is 23.4 Å². The number of benzene rings is 1. The Morgan fingerprint density at radius 3 is 2.90 bits per heavy atom. The van der Waals surface area contributed by atoms with Gasteiger partial charge in [0.1, 0.15) is 5.76 Å². The minimum Gasteiger partial charge on any atom is -0.361 e. The molecule has 104 valence electrons. The van der Waals surface area contributed by atoms with Gasteiger partial charge >= 0.3 is 0 Å². The number of fused-ring (bicyclic) bond motifs is 1. The zero-order valence-corrected chi connectivity index (χ0v) is 11.9. The van der Waals surface area contributed by atoms with Crippen LogP contribution in [0, 0.1) is 13.8 Å². The van der Waals surface area contributed by atoms with Crippen molar-refractivity contribution in [3.05, 3.63) is 53.0 Å². The van der Waals surface area contributed by atoms with E-state index in [2.05, 4.69) is 45.9 Å². The van der Waals surface area contributed by atoms with Crippen molar-refractivity contribution in [3.8, 4) is 0 Å². The third kappa shape index (κ3) is 2.47. The highest BCUT2D eigenvalue weighted by molar-refractivity contribution is 5.83. The average Bonchev–Trinajstić information content (AvgIpc) is 3.01. The van der Waals surface area contributed by atoms with Crippen LogP contribution in [-0.2, 0) is 13.0 Å². The van der Waals surface area contributed by atoms with Crippen LogP contribution < -0.4 is 5.32 Å². The number of H-pyrrole nitrogens is 1. The van der Waals surface area contributed by atoms with E-state index in [0.717, 1.165) is 31.0 Å². The van der Waals surface area contributed by atoms with Gasteiger partial charge in [-0.15, -0.1) is 0 Å². The van der Waals surface area contributed by atoms with E-state index < -0.39 is 0 Å². The lowest BCUT2D eigenvalue weighted by molar-refractivity contribution is 0.392. The van der Waals surface area contributed by atoms with Gasteiger partial charge in [-0.05, 0) is 38.4 Å². The topological polar surface area (TPSA) is 53.9 Å². The predicted octanol–water partition coefficient (Wildman–Crippen LogP) is 3.11. The molecule has 3 rings (SSSR count). The lowest BCUT2D eigenvalue weighted by Gasteiger charge is -2.04. The molecule has 4 heteroatoms. The Kier molecular flexibility index (Phi) is 3.56. The number of rotatable bonds is 5. The maximum atomic E-state index is 5.16. The molecule has 0 unspecified atom stereocenters. The van der Waals surface area contributed by atoms with Gasteiger partial charge in [0, 0.05) is 29.2 Å². The zero-order chi connectivity index (χ0) is 13.9. The van der Waals surface area contributed by atoms with E-state index in [1.54, 1.807) is 0 Å². The van der Waals surface area contributed by atoms with Gasteiger partial charge in [-0.2, -0.15) is 0 Å². The highest BCUT2D eigenvalue weighted by Crippen LogP contribution is 2.18. The van der Waals surface area contributed by atoms with Crippen molar-refractivity contribution in [1.29, 1.82) is 0 Å². The van der Waals surface area contributed by atoms with Gasteiger partial charge in [-0.25, -0.2) is 0 Å². The second-order valence-electron chi connectivity index (χ2n) is 5.09. The summed E-state index contributed by atoms with van der Waals surface area (Å²) in [4.78, 5) is 3.31. The maximum Gasteiger partial charge on any atom is 0.138 e. The molecule has 0 bridgehead atoms. The number of hydrogen-bond donors (Lipinski definition) is 2. The summed E-state index contributed by atoms with van der Waals surface area (Å²) in [5.74, 6) is 0.905. The van der Waals surface area contributed by atoms with Gasteiger partial charge in [0.05, 0.1) is 5.69 Å². The number of aromatic nitrogens is 2. The molecule has 0 amide bonds. The van der Waals surface area contributed by atoms with Crippen LogP contribution in [0.15, 0.2) is 35.0 Å². The smallest absolute Gasteiger partial charge is 0.138 e. The average molecular weight is 269 g/mol. The quantitative estimate of drug-likeness (QED) is 0.700. The zero-order valence-electron chi connectivity index (χ0n) is 11.9. The largest absolute Gasteiger partial charge is 0.361 e. The summed E-state index contributed by atoms with van der Waals surface area (Å²) in [7, 11) is 0. The van der Waals surface area contributed by atoms with Gasteiger partial charge in [-0.3, -0.25) is 0 Å². The summed E-state index contributed by atoms with van der Waals surface area (Å²) in [6.07, 6.45) is 3.11. The minimum atomic E-state index is 0.809. The van der Waals surface area contributed by atoms with Crippen LogP contribution in [0.3, 0.4) is 0 Å². The van der Waals surface area contributed by atoms with Crippen LogP contribution in [0.25, 0.3) is 10.9 Å². The normalized spacial score (nSPS) is 11.3. The lowest BCUT2D eigenvalue weighted by Crippen LogP contribution is -2.17. The molecule has 0 atom stereocenters. The Morgan fingerprint density at radius 2 is 2.10 bits per heavy atom. The number of hydrogen-bond acceptors (Lipinski definition) is 3. The molecule has 0 fully saturated rings. The molecular formula is C16H19N3O. The van der Waals surface area contributed by atoms with Crippen molar-refractivity contribution < 1.29 is 4.52 Å². The highest BCUT2D eigenvalue weighted by Gasteiger charge is 2.08.